The molecule has 1 aliphatic rings. The third kappa shape index (κ3) is 3.86. The number of hydrogen-bond donors (Lipinski definition) is 4. The summed E-state index contributed by atoms with van der Waals surface area (Å²) in [6, 6.07) is 10.0. The highest BCUT2D eigenvalue weighted by atomic mass is 32.2. The van der Waals surface area contributed by atoms with Crippen LogP contribution < -0.4 is 16.2 Å². The molecule has 1 saturated carbocycles. The molecule has 1 aromatic carbocycles. The molecule has 6 N–H and O–H groups in total. The minimum Gasteiger partial charge on any atom is -0.397 e. The molecule has 0 unspecified atom stereocenters. The standard InChI is InChI=1S/C20H27N5S/c1-3-20(10-4-5-11-20)25-26-14-6-7-15(13(2)12-14)17-9-8-16(21)18(24-17)19(22)23/h6-9,12,25H,3-5,10-11,21H2,1-2H3,(H3,22,23). The van der Waals surface area contributed by atoms with Crippen molar-refractivity contribution in [3.05, 3.63) is 41.6 Å². The van der Waals surface area contributed by atoms with Crippen molar-refractivity contribution in [3.63, 3.8) is 0 Å². The molecule has 1 fully saturated rings. The molecule has 1 aliphatic carbocycles. The number of anilines is 1. The van der Waals surface area contributed by atoms with E-state index in [0.717, 1.165) is 16.8 Å². The van der Waals surface area contributed by atoms with Gasteiger partial charge in [-0.15, -0.1) is 0 Å². The van der Waals surface area contributed by atoms with E-state index in [-0.39, 0.29) is 11.4 Å². The van der Waals surface area contributed by atoms with E-state index in [0.29, 0.717) is 11.4 Å². The van der Waals surface area contributed by atoms with E-state index in [1.165, 1.54) is 37.0 Å². The predicted molar refractivity (Wildman–Crippen MR) is 110 cm³/mol. The zero-order chi connectivity index (χ0) is 18.7. The van der Waals surface area contributed by atoms with Crippen molar-refractivity contribution in [3.8, 4) is 11.3 Å². The first-order valence-electron chi connectivity index (χ1n) is 9.10. The lowest BCUT2D eigenvalue weighted by Crippen LogP contribution is -2.37. The minimum atomic E-state index is -0.111. The Morgan fingerprint density at radius 1 is 1.27 bits per heavy atom. The summed E-state index contributed by atoms with van der Waals surface area (Å²) in [7, 11) is 0. The molecule has 1 aromatic heterocycles. The Morgan fingerprint density at radius 3 is 2.62 bits per heavy atom. The van der Waals surface area contributed by atoms with Crippen molar-refractivity contribution >= 4 is 23.5 Å². The SMILES string of the molecule is CCC1(NSc2ccc(-c3ccc(N)c(C(=N)N)n3)c(C)c2)CCCC1. The average Bonchev–Trinajstić information content (AvgIpc) is 3.10. The first-order chi connectivity index (χ1) is 12.4. The highest BCUT2D eigenvalue weighted by Gasteiger charge is 2.31. The van der Waals surface area contributed by atoms with Crippen molar-refractivity contribution in [1.82, 2.24) is 9.71 Å². The Bertz CT molecular complexity index is 812. The maximum absolute atomic E-state index is 7.62. The molecule has 0 amide bonds. The molecule has 0 aliphatic heterocycles. The Labute approximate surface area is 159 Å². The summed E-state index contributed by atoms with van der Waals surface area (Å²) in [6.45, 7) is 4.35. The van der Waals surface area contributed by atoms with Crippen molar-refractivity contribution < 1.29 is 0 Å². The van der Waals surface area contributed by atoms with Crippen molar-refractivity contribution in [2.45, 2.75) is 56.4 Å². The van der Waals surface area contributed by atoms with E-state index in [1.807, 2.05) is 6.07 Å². The highest BCUT2D eigenvalue weighted by Crippen LogP contribution is 2.36. The zero-order valence-electron chi connectivity index (χ0n) is 15.4. The number of aromatic nitrogens is 1. The van der Waals surface area contributed by atoms with Gasteiger partial charge in [-0.3, -0.25) is 10.1 Å². The molecule has 0 saturated heterocycles. The normalized spacial score (nSPS) is 15.9. The van der Waals surface area contributed by atoms with Crippen LogP contribution in [-0.4, -0.2) is 16.4 Å². The van der Waals surface area contributed by atoms with Gasteiger partial charge in [-0.25, -0.2) is 4.98 Å². The van der Waals surface area contributed by atoms with E-state index in [4.69, 9.17) is 16.9 Å². The van der Waals surface area contributed by atoms with Crippen LogP contribution in [0.2, 0.25) is 0 Å². The van der Waals surface area contributed by atoms with Crippen LogP contribution in [0, 0.1) is 12.3 Å². The van der Waals surface area contributed by atoms with Crippen molar-refractivity contribution in [1.29, 1.82) is 5.41 Å². The summed E-state index contributed by atoms with van der Waals surface area (Å²) in [5, 5.41) is 7.62. The number of hydrogen-bond acceptors (Lipinski definition) is 5. The van der Waals surface area contributed by atoms with Gasteiger partial charge in [0, 0.05) is 16.0 Å². The lowest BCUT2D eigenvalue weighted by molar-refractivity contribution is 0.392. The third-order valence-corrected chi connectivity index (χ3v) is 6.30. The van der Waals surface area contributed by atoms with Gasteiger partial charge in [-0.2, -0.15) is 0 Å². The largest absolute Gasteiger partial charge is 0.397 e. The molecule has 1 heterocycles. The van der Waals surface area contributed by atoms with E-state index in [9.17, 15) is 0 Å². The first kappa shape index (κ1) is 18.7. The molecule has 138 valence electrons. The average molecular weight is 370 g/mol. The van der Waals surface area contributed by atoms with Gasteiger partial charge in [0.2, 0.25) is 0 Å². The molecule has 26 heavy (non-hydrogen) atoms. The Kier molecular flexibility index (Phi) is 5.53. The van der Waals surface area contributed by atoms with Crippen LogP contribution in [0.1, 0.15) is 50.3 Å². The summed E-state index contributed by atoms with van der Waals surface area (Å²) in [5.74, 6) is -0.111. The van der Waals surface area contributed by atoms with Crippen LogP contribution in [0.3, 0.4) is 0 Å². The number of nitrogens with one attached hydrogen (secondary N) is 2. The highest BCUT2D eigenvalue weighted by molar-refractivity contribution is 7.97. The molecular weight excluding hydrogens is 342 g/mol. The Morgan fingerprint density at radius 2 is 2.00 bits per heavy atom. The molecule has 0 atom stereocenters. The minimum absolute atomic E-state index is 0.111. The number of aryl methyl sites for hydroxylation is 1. The van der Waals surface area contributed by atoms with E-state index >= 15 is 0 Å². The summed E-state index contributed by atoms with van der Waals surface area (Å²) in [5.41, 5.74) is 15.4. The van der Waals surface area contributed by atoms with Crippen LogP contribution in [0.15, 0.2) is 35.2 Å². The first-order valence-corrected chi connectivity index (χ1v) is 9.92. The van der Waals surface area contributed by atoms with E-state index < -0.39 is 0 Å². The third-order valence-electron chi connectivity index (χ3n) is 5.28. The van der Waals surface area contributed by atoms with Gasteiger partial charge < -0.3 is 11.5 Å². The molecule has 2 aromatic rings. The fraction of sp³-hybridized carbons (Fsp3) is 0.400. The van der Waals surface area contributed by atoms with Crippen molar-refractivity contribution in [2.75, 3.05) is 5.73 Å². The molecule has 0 spiro atoms. The molecule has 0 bridgehead atoms. The van der Waals surface area contributed by atoms with Gasteiger partial charge in [0.05, 0.1) is 11.4 Å². The molecule has 3 rings (SSSR count). The number of nitrogen functional groups attached to an aromatic ring is 2. The number of nitrogens with two attached hydrogens (primary N) is 2. The fourth-order valence-corrected chi connectivity index (χ4v) is 4.62. The molecular formula is C20H27N5S. The maximum atomic E-state index is 7.62. The maximum Gasteiger partial charge on any atom is 0.143 e. The molecule has 0 radical (unpaired) electrons. The van der Waals surface area contributed by atoms with Gasteiger partial charge >= 0.3 is 0 Å². The van der Waals surface area contributed by atoms with Crippen LogP contribution in [0.5, 0.6) is 0 Å². The van der Waals surface area contributed by atoms with Crippen LogP contribution >= 0.6 is 11.9 Å². The second-order valence-electron chi connectivity index (χ2n) is 7.07. The molecule has 6 heteroatoms. The Balaban J connectivity index is 1.80. The van der Waals surface area contributed by atoms with E-state index in [1.54, 1.807) is 18.0 Å². The summed E-state index contributed by atoms with van der Waals surface area (Å²) >= 11 is 1.73. The second-order valence-corrected chi connectivity index (χ2v) is 7.95. The number of rotatable bonds is 6. The van der Waals surface area contributed by atoms with Gasteiger partial charge in [0.15, 0.2) is 0 Å². The van der Waals surface area contributed by atoms with Crippen LogP contribution in [-0.2, 0) is 0 Å². The van der Waals surface area contributed by atoms with E-state index in [2.05, 4.69) is 41.8 Å². The fourth-order valence-electron chi connectivity index (χ4n) is 3.57. The van der Waals surface area contributed by atoms with Crippen LogP contribution in [0.4, 0.5) is 5.69 Å². The number of nitrogens with zero attached hydrogens (tertiary/aromatic N) is 1. The molecule has 5 nitrogen and oxygen atoms in total. The monoisotopic (exact) mass is 369 g/mol. The summed E-state index contributed by atoms with van der Waals surface area (Å²) in [6.07, 6.45) is 6.33. The second kappa shape index (κ2) is 7.68. The smallest absolute Gasteiger partial charge is 0.143 e. The number of pyridine rings is 1. The topological polar surface area (TPSA) is 101 Å². The van der Waals surface area contributed by atoms with Crippen molar-refractivity contribution in [2.24, 2.45) is 5.73 Å². The van der Waals surface area contributed by atoms with Gasteiger partial charge in [0.25, 0.3) is 0 Å². The van der Waals surface area contributed by atoms with Gasteiger partial charge in [0.1, 0.15) is 11.5 Å². The van der Waals surface area contributed by atoms with Gasteiger partial charge in [-0.1, -0.05) is 25.8 Å². The zero-order valence-corrected chi connectivity index (χ0v) is 16.2. The lowest BCUT2D eigenvalue weighted by atomic mass is 9.96. The Hall–Kier alpha value is -2.05. The summed E-state index contributed by atoms with van der Waals surface area (Å²) in [4.78, 5) is 5.67. The lowest BCUT2D eigenvalue weighted by Gasteiger charge is -2.28. The van der Waals surface area contributed by atoms with Crippen LogP contribution in [0.25, 0.3) is 11.3 Å². The number of amidine groups is 1. The quantitative estimate of drug-likeness (QED) is 0.346. The summed E-state index contributed by atoms with van der Waals surface area (Å²) < 4.78 is 3.72. The number of benzene rings is 1. The van der Waals surface area contributed by atoms with Gasteiger partial charge in [-0.05, 0) is 68.0 Å². The predicted octanol–water partition coefficient (Wildman–Crippen LogP) is 4.24.